The highest BCUT2D eigenvalue weighted by Gasteiger charge is 2.24. The highest BCUT2D eigenvalue weighted by Crippen LogP contribution is 2.35. The number of aliphatic hydroxyl groups is 2. The molecule has 78 valence electrons. The third-order valence-electron chi connectivity index (χ3n) is 1.19. The molecule has 0 fully saturated rings. The van der Waals surface area contributed by atoms with Crippen molar-refractivity contribution in [3.05, 3.63) is 0 Å². The number of rotatable bonds is 5. The Bertz CT molecular complexity index is 221. The van der Waals surface area contributed by atoms with E-state index in [0.717, 1.165) is 6.92 Å². The van der Waals surface area contributed by atoms with Gasteiger partial charge in [0.05, 0.1) is 6.61 Å². The van der Waals surface area contributed by atoms with Crippen LogP contribution in [0.1, 0.15) is 6.92 Å². The van der Waals surface area contributed by atoms with E-state index < -0.39 is 32.4 Å². The van der Waals surface area contributed by atoms with E-state index in [1.807, 2.05) is 0 Å². The Balaban J connectivity index is 3.95. The lowest BCUT2D eigenvalue weighted by Crippen LogP contribution is -2.35. The van der Waals surface area contributed by atoms with Gasteiger partial charge in [0.2, 0.25) is 0 Å². The highest BCUT2D eigenvalue weighted by atomic mass is 31.2. The Labute approximate surface area is 74.2 Å². The molecular formula is C5H11O7P. The lowest BCUT2D eigenvalue weighted by atomic mass is 10.3. The smallest absolute Gasteiger partial charge is 0.388 e. The molecule has 0 spiro atoms. The normalized spacial score (nSPS) is 16.7. The molecule has 0 saturated heterocycles. The molecule has 0 bridgehead atoms. The van der Waals surface area contributed by atoms with Crippen LogP contribution < -0.4 is 0 Å². The van der Waals surface area contributed by atoms with Crippen LogP contribution in [0, 0.1) is 0 Å². The summed E-state index contributed by atoms with van der Waals surface area (Å²) in [6.07, 6.45) is -3.32. The van der Waals surface area contributed by atoms with Gasteiger partial charge in [-0.25, -0.2) is 4.57 Å². The number of carbonyl (C=O) groups excluding carboxylic acids is 1. The van der Waals surface area contributed by atoms with E-state index in [1.165, 1.54) is 0 Å². The Morgan fingerprint density at radius 2 is 1.92 bits per heavy atom. The molecule has 0 aliphatic rings. The Morgan fingerprint density at radius 1 is 1.46 bits per heavy atom. The number of phosphoric acid groups is 1. The van der Waals surface area contributed by atoms with E-state index in [2.05, 4.69) is 4.52 Å². The van der Waals surface area contributed by atoms with Crippen molar-refractivity contribution < 1.29 is 33.9 Å². The van der Waals surface area contributed by atoms with Gasteiger partial charge >= 0.3 is 7.82 Å². The second kappa shape index (κ2) is 4.80. The van der Waals surface area contributed by atoms with Crippen LogP contribution >= 0.6 is 7.82 Å². The van der Waals surface area contributed by atoms with E-state index >= 15 is 0 Å². The first kappa shape index (κ1) is 12.7. The Kier molecular flexibility index (Phi) is 4.69. The molecule has 0 aliphatic heterocycles. The molecule has 0 aromatic carbocycles. The summed E-state index contributed by atoms with van der Waals surface area (Å²) in [6.45, 7) is 0.233. The van der Waals surface area contributed by atoms with Crippen molar-refractivity contribution in [3.63, 3.8) is 0 Å². The fourth-order valence-corrected chi connectivity index (χ4v) is 0.882. The first-order valence-corrected chi connectivity index (χ1v) is 4.83. The Morgan fingerprint density at radius 3 is 2.23 bits per heavy atom. The highest BCUT2D eigenvalue weighted by molar-refractivity contribution is 7.46. The summed E-state index contributed by atoms with van der Waals surface area (Å²) in [4.78, 5) is 26.8. The van der Waals surface area contributed by atoms with Gasteiger partial charge in [-0.1, -0.05) is 0 Å². The number of phosphoric ester groups is 1. The van der Waals surface area contributed by atoms with Gasteiger partial charge < -0.3 is 20.0 Å². The minimum atomic E-state index is -4.67. The van der Waals surface area contributed by atoms with Crippen LogP contribution in [0.3, 0.4) is 0 Å². The molecule has 0 heterocycles. The van der Waals surface area contributed by atoms with Gasteiger partial charge in [-0.05, 0) is 6.92 Å². The zero-order chi connectivity index (χ0) is 10.6. The van der Waals surface area contributed by atoms with Crippen molar-refractivity contribution in [2.24, 2.45) is 0 Å². The molecule has 13 heavy (non-hydrogen) atoms. The van der Waals surface area contributed by atoms with Crippen molar-refractivity contribution in [1.82, 2.24) is 0 Å². The Hall–Kier alpha value is -0.300. The van der Waals surface area contributed by atoms with Crippen LogP contribution in [0.25, 0.3) is 0 Å². The monoisotopic (exact) mass is 215 g/mol. The maximum Gasteiger partial charge on any atom is 0.469 e. The lowest BCUT2D eigenvalue weighted by Gasteiger charge is -2.15. The standard InChI is InChI=1S/C5H11O7P/c1-3(6)5(8)4(7)2-12-13(9,10)11/h4-5,7-8H,2H2,1H3,(H2,9,10,11)/t4-,5-/m1/s1/i3+1. The minimum Gasteiger partial charge on any atom is -0.388 e. The summed E-state index contributed by atoms with van der Waals surface area (Å²) in [5, 5.41) is 17.8. The van der Waals surface area contributed by atoms with Gasteiger partial charge in [-0.2, -0.15) is 0 Å². The quantitative estimate of drug-likeness (QED) is 0.321. The molecule has 0 aromatic rings. The van der Waals surface area contributed by atoms with Crippen LogP contribution in [0.15, 0.2) is 0 Å². The van der Waals surface area contributed by atoms with E-state index in [1.54, 1.807) is 0 Å². The predicted molar refractivity (Wildman–Crippen MR) is 40.7 cm³/mol. The third-order valence-corrected chi connectivity index (χ3v) is 1.68. The molecule has 0 radical (unpaired) electrons. The van der Waals surface area contributed by atoms with Crippen molar-refractivity contribution >= 4 is 13.6 Å². The van der Waals surface area contributed by atoms with Gasteiger partial charge in [0.15, 0.2) is 5.78 Å². The maximum atomic E-state index is 10.5. The second-order valence-electron chi connectivity index (χ2n) is 2.41. The molecule has 0 saturated carbocycles. The number of carbonyl (C=O) groups is 1. The van der Waals surface area contributed by atoms with Crippen molar-refractivity contribution in [1.29, 1.82) is 0 Å². The first-order valence-electron chi connectivity index (χ1n) is 3.30. The summed E-state index contributed by atoms with van der Waals surface area (Å²) >= 11 is 0. The van der Waals surface area contributed by atoms with E-state index in [4.69, 9.17) is 20.0 Å². The van der Waals surface area contributed by atoms with Gasteiger partial charge in [-0.15, -0.1) is 0 Å². The summed E-state index contributed by atoms with van der Waals surface area (Å²) in [5.74, 6) is -0.707. The average molecular weight is 215 g/mol. The molecular weight excluding hydrogens is 204 g/mol. The third kappa shape index (κ3) is 5.87. The molecule has 0 amide bonds. The molecule has 2 atom stereocenters. The maximum absolute atomic E-state index is 10.5. The van der Waals surface area contributed by atoms with Crippen LogP contribution in [0.5, 0.6) is 0 Å². The minimum absolute atomic E-state index is 0.707. The van der Waals surface area contributed by atoms with Crippen LogP contribution in [-0.4, -0.2) is 44.6 Å². The molecule has 7 nitrogen and oxygen atoms in total. The van der Waals surface area contributed by atoms with Gasteiger partial charge in [0.25, 0.3) is 0 Å². The van der Waals surface area contributed by atoms with E-state index in [0.29, 0.717) is 0 Å². The van der Waals surface area contributed by atoms with Gasteiger partial charge in [0.1, 0.15) is 12.2 Å². The summed E-state index contributed by atoms with van der Waals surface area (Å²) < 4.78 is 14.0. The van der Waals surface area contributed by atoms with Crippen molar-refractivity contribution in [3.8, 4) is 0 Å². The largest absolute Gasteiger partial charge is 0.469 e. The number of aliphatic hydroxyl groups excluding tert-OH is 2. The van der Waals surface area contributed by atoms with Crippen LogP contribution in [-0.2, 0) is 13.9 Å². The fraction of sp³-hybridized carbons (Fsp3) is 0.800. The fourth-order valence-electron chi connectivity index (χ4n) is 0.536. The number of hydrogen-bond acceptors (Lipinski definition) is 5. The van der Waals surface area contributed by atoms with Crippen LogP contribution in [0.2, 0.25) is 0 Å². The molecule has 0 rings (SSSR count). The zero-order valence-corrected chi connectivity index (χ0v) is 7.72. The average Bonchev–Trinajstić information content (AvgIpc) is 1.97. The topological polar surface area (TPSA) is 124 Å². The van der Waals surface area contributed by atoms with Crippen molar-refractivity contribution in [2.75, 3.05) is 6.61 Å². The summed E-state index contributed by atoms with van der Waals surface area (Å²) in [7, 11) is -4.67. The van der Waals surface area contributed by atoms with Gasteiger partial charge in [0, 0.05) is 0 Å². The predicted octanol–water partition coefficient (Wildman–Crippen LogP) is -1.59. The first-order chi connectivity index (χ1) is 5.74. The van der Waals surface area contributed by atoms with E-state index in [-0.39, 0.29) is 0 Å². The van der Waals surface area contributed by atoms with Crippen LogP contribution in [0.4, 0.5) is 0 Å². The molecule has 0 aromatic heterocycles. The van der Waals surface area contributed by atoms with E-state index in [9.17, 15) is 9.36 Å². The molecule has 4 N–H and O–H groups in total. The number of Topliss-reactive ketones (excluding diaryl/α,β-unsaturated/α-hetero) is 1. The zero-order valence-electron chi connectivity index (χ0n) is 6.82. The number of ketones is 1. The molecule has 8 heteroatoms. The lowest BCUT2D eigenvalue weighted by molar-refractivity contribution is -0.132. The molecule has 0 aliphatic carbocycles. The van der Waals surface area contributed by atoms with Crippen molar-refractivity contribution in [2.45, 2.75) is 19.1 Å². The second-order valence-corrected chi connectivity index (χ2v) is 3.65. The molecule has 0 unspecified atom stereocenters. The summed E-state index contributed by atoms with van der Waals surface area (Å²) in [6, 6.07) is 0. The number of hydrogen-bond donors (Lipinski definition) is 4. The summed E-state index contributed by atoms with van der Waals surface area (Å²) in [5.41, 5.74) is 0. The van der Waals surface area contributed by atoms with Gasteiger partial charge in [-0.3, -0.25) is 9.32 Å². The SMILES string of the molecule is C[13C](=O)[C@@H](O)[C@H](O)COP(=O)(O)O.